The summed E-state index contributed by atoms with van der Waals surface area (Å²) >= 11 is 0. The molecule has 47 heavy (non-hydrogen) atoms. The fraction of sp³-hybridized carbons (Fsp3) is 0. The Labute approximate surface area is 271 Å². The Hall–Kier alpha value is -6.39. The molecule has 0 aliphatic heterocycles. The van der Waals surface area contributed by atoms with Crippen molar-refractivity contribution in [3.63, 3.8) is 0 Å². The van der Waals surface area contributed by atoms with E-state index in [1.807, 2.05) is 0 Å². The molecular formula is C43H28N4. The molecule has 0 bridgehead atoms. The van der Waals surface area contributed by atoms with Gasteiger partial charge in [0.05, 0.1) is 27.6 Å². The van der Waals surface area contributed by atoms with Gasteiger partial charge in [0.25, 0.3) is 0 Å². The lowest BCUT2D eigenvalue weighted by Crippen LogP contribution is -1.98. The molecule has 3 heterocycles. The van der Waals surface area contributed by atoms with Gasteiger partial charge in [-0.05, 0) is 84.2 Å². The zero-order chi connectivity index (χ0) is 30.9. The quantitative estimate of drug-likeness (QED) is 0.197. The smallest absolute Gasteiger partial charge is 0.145 e. The Kier molecular flexibility index (Phi) is 5.54. The maximum Gasteiger partial charge on any atom is 0.145 e. The van der Waals surface area contributed by atoms with E-state index in [1.54, 1.807) is 0 Å². The van der Waals surface area contributed by atoms with Gasteiger partial charge in [-0.1, -0.05) is 84.9 Å². The summed E-state index contributed by atoms with van der Waals surface area (Å²) in [6.07, 6.45) is 2.19. The van der Waals surface area contributed by atoms with Gasteiger partial charge in [-0.3, -0.25) is 4.57 Å². The Bertz CT molecular complexity index is 2760. The normalized spacial score (nSPS) is 11.8. The number of hydrogen-bond acceptors (Lipinski definition) is 1. The zero-order valence-corrected chi connectivity index (χ0v) is 25.5. The van der Waals surface area contributed by atoms with Crippen LogP contribution in [0.15, 0.2) is 170 Å². The van der Waals surface area contributed by atoms with E-state index in [0.717, 1.165) is 39.5 Å². The number of aromatic nitrogens is 4. The molecule has 0 saturated heterocycles. The summed E-state index contributed by atoms with van der Waals surface area (Å²) < 4.78 is 6.98. The van der Waals surface area contributed by atoms with Crippen LogP contribution in [0, 0.1) is 0 Å². The third-order valence-electron chi connectivity index (χ3n) is 9.48. The van der Waals surface area contributed by atoms with Crippen molar-refractivity contribution in [2.45, 2.75) is 0 Å². The average molecular weight is 601 g/mol. The molecule has 0 saturated carbocycles. The maximum absolute atomic E-state index is 5.11. The minimum atomic E-state index is 0.931. The van der Waals surface area contributed by atoms with Gasteiger partial charge in [0, 0.05) is 50.4 Å². The van der Waals surface area contributed by atoms with Gasteiger partial charge in [0.2, 0.25) is 0 Å². The van der Waals surface area contributed by atoms with Crippen LogP contribution in [-0.2, 0) is 0 Å². The lowest BCUT2D eigenvalue weighted by molar-refractivity contribution is 1.10. The minimum Gasteiger partial charge on any atom is -0.317 e. The number of hydrogen-bond donors (Lipinski definition) is 0. The first-order valence-electron chi connectivity index (χ1n) is 16.0. The molecule has 7 aromatic carbocycles. The number of nitrogens with zero attached hydrogens (tertiary/aromatic N) is 4. The van der Waals surface area contributed by atoms with Crippen LogP contribution in [0.3, 0.4) is 0 Å². The molecule has 0 radical (unpaired) electrons. The van der Waals surface area contributed by atoms with Crippen molar-refractivity contribution in [1.82, 2.24) is 18.7 Å². The van der Waals surface area contributed by atoms with E-state index >= 15 is 0 Å². The van der Waals surface area contributed by atoms with Gasteiger partial charge in [0.1, 0.15) is 5.82 Å². The molecule has 4 heteroatoms. The highest BCUT2D eigenvalue weighted by atomic mass is 15.1. The lowest BCUT2D eigenvalue weighted by Gasteiger charge is -2.13. The summed E-state index contributed by atoms with van der Waals surface area (Å²) in [5.74, 6) is 0.931. The third kappa shape index (κ3) is 3.85. The predicted molar refractivity (Wildman–Crippen MR) is 195 cm³/mol. The molecule has 4 nitrogen and oxygen atoms in total. The fourth-order valence-corrected chi connectivity index (χ4v) is 7.39. The lowest BCUT2D eigenvalue weighted by atomic mass is 10.0. The Balaban J connectivity index is 1.22. The molecule has 0 unspecified atom stereocenters. The Morgan fingerprint density at radius 3 is 1.87 bits per heavy atom. The van der Waals surface area contributed by atoms with Crippen molar-refractivity contribution >= 4 is 54.5 Å². The van der Waals surface area contributed by atoms with E-state index in [2.05, 4.69) is 184 Å². The van der Waals surface area contributed by atoms with Crippen molar-refractivity contribution in [2.75, 3.05) is 0 Å². The van der Waals surface area contributed by atoms with E-state index in [0.29, 0.717) is 0 Å². The SMILES string of the molecule is c1ccc(-n2ccc3c4c(ccc5c6ccccc6n(-c6ccc(-c7nc8ccccc8n7-c7ccccc7)cc6)c54)ccc32)cc1. The summed E-state index contributed by atoms with van der Waals surface area (Å²) in [7, 11) is 0. The number of fused-ring (bicyclic) bond motifs is 8. The number of rotatable bonds is 4. The van der Waals surface area contributed by atoms with E-state index < -0.39 is 0 Å². The second-order valence-electron chi connectivity index (χ2n) is 12.1. The molecule has 3 aromatic heterocycles. The van der Waals surface area contributed by atoms with Gasteiger partial charge >= 0.3 is 0 Å². The summed E-state index contributed by atoms with van der Waals surface area (Å²) in [6.45, 7) is 0. The summed E-state index contributed by atoms with van der Waals surface area (Å²) in [5.41, 5.74) is 10.1. The molecule has 0 amide bonds. The fourth-order valence-electron chi connectivity index (χ4n) is 7.39. The maximum atomic E-state index is 5.11. The minimum absolute atomic E-state index is 0.931. The van der Waals surface area contributed by atoms with Gasteiger partial charge in [-0.15, -0.1) is 0 Å². The van der Waals surface area contributed by atoms with E-state index in [4.69, 9.17) is 4.98 Å². The van der Waals surface area contributed by atoms with Crippen LogP contribution in [0.4, 0.5) is 0 Å². The average Bonchev–Trinajstić information content (AvgIpc) is 3.84. The van der Waals surface area contributed by atoms with Crippen LogP contribution in [-0.4, -0.2) is 18.7 Å². The van der Waals surface area contributed by atoms with Crippen molar-refractivity contribution < 1.29 is 0 Å². The van der Waals surface area contributed by atoms with Crippen LogP contribution < -0.4 is 0 Å². The predicted octanol–water partition coefficient (Wildman–Crippen LogP) is 10.9. The van der Waals surface area contributed by atoms with Crippen LogP contribution in [0.1, 0.15) is 0 Å². The molecule has 0 fully saturated rings. The highest BCUT2D eigenvalue weighted by molar-refractivity contribution is 6.25. The largest absolute Gasteiger partial charge is 0.317 e. The van der Waals surface area contributed by atoms with Crippen molar-refractivity contribution in [3.8, 4) is 28.5 Å². The first kappa shape index (κ1) is 25.9. The molecular weight excluding hydrogens is 573 g/mol. The monoisotopic (exact) mass is 600 g/mol. The summed E-state index contributed by atoms with van der Waals surface area (Å²) in [5, 5.41) is 6.24. The highest BCUT2D eigenvalue weighted by Gasteiger charge is 2.19. The van der Waals surface area contributed by atoms with Crippen molar-refractivity contribution in [1.29, 1.82) is 0 Å². The first-order chi connectivity index (χ1) is 23.3. The number of benzene rings is 7. The van der Waals surface area contributed by atoms with Crippen LogP contribution >= 0.6 is 0 Å². The van der Waals surface area contributed by atoms with Crippen LogP contribution in [0.5, 0.6) is 0 Å². The van der Waals surface area contributed by atoms with E-state index in [-0.39, 0.29) is 0 Å². The van der Waals surface area contributed by atoms with Gasteiger partial charge in [-0.25, -0.2) is 4.98 Å². The molecule has 0 aliphatic rings. The first-order valence-corrected chi connectivity index (χ1v) is 16.0. The molecule has 0 atom stereocenters. The van der Waals surface area contributed by atoms with Gasteiger partial charge < -0.3 is 9.13 Å². The van der Waals surface area contributed by atoms with Gasteiger partial charge in [-0.2, -0.15) is 0 Å². The van der Waals surface area contributed by atoms with E-state index in [9.17, 15) is 0 Å². The molecule has 10 rings (SSSR count). The number of imidazole rings is 1. The van der Waals surface area contributed by atoms with E-state index in [1.165, 1.54) is 43.5 Å². The van der Waals surface area contributed by atoms with Crippen LogP contribution in [0.2, 0.25) is 0 Å². The summed E-state index contributed by atoms with van der Waals surface area (Å²) in [4.78, 5) is 5.11. The molecule has 0 aliphatic carbocycles. The molecule has 0 spiro atoms. The Morgan fingerprint density at radius 1 is 0.404 bits per heavy atom. The van der Waals surface area contributed by atoms with Crippen molar-refractivity contribution in [2.24, 2.45) is 0 Å². The molecule has 220 valence electrons. The van der Waals surface area contributed by atoms with Gasteiger partial charge in [0.15, 0.2) is 0 Å². The molecule has 0 N–H and O–H groups in total. The Morgan fingerprint density at radius 2 is 1.06 bits per heavy atom. The molecule has 10 aromatic rings. The third-order valence-corrected chi connectivity index (χ3v) is 9.48. The number of para-hydroxylation sites is 5. The standard InChI is InChI=1S/C43H28N4/c1-3-11-31(12-4-1)45-28-27-36-38(45)26-22-29-21-25-35-34-15-7-9-17-39(34)46(42(35)41(29)36)33-23-19-30(20-24-33)43-44-37-16-8-10-18-40(37)47(43)32-13-5-2-6-14-32/h1-28H. The topological polar surface area (TPSA) is 27.7 Å². The second kappa shape index (κ2) is 10.1. The summed E-state index contributed by atoms with van der Waals surface area (Å²) in [6, 6.07) is 58.4. The zero-order valence-electron chi connectivity index (χ0n) is 25.5. The van der Waals surface area contributed by atoms with Crippen LogP contribution in [0.25, 0.3) is 83.0 Å². The highest BCUT2D eigenvalue weighted by Crippen LogP contribution is 2.40. The van der Waals surface area contributed by atoms with Crippen molar-refractivity contribution in [3.05, 3.63) is 170 Å². The second-order valence-corrected chi connectivity index (χ2v) is 12.1.